The lowest BCUT2D eigenvalue weighted by atomic mass is 9.96. The standard InChI is InChI=1S/C18H24N4O3/c1-13-2-3-18(23)22(19-13)10-14-4-7-21(8-5-14)11-16-15-12-24-9-6-17(15)25-20-16/h2-3,14H,4-12H2,1H3. The van der Waals surface area contributed by atoms with Gasteiger partial charge in [0.05, 0.1) is 18.9 Å². The third-order valence-corrected chi connectivity index (χ3v) is 5.18. The van der Waals surface area contributed by atoms with E-state index in [0.29, 0.717) is 19.1 Å². The summed E-state index contributed by atoms with van der Waals surface area (Å²) in [5.74, 6) is 1.49. The maximum Gasteiger partial charge on any atom is 0.266 e. The van der Waals surface area contributed by atoms with E-state index in [1.807, 2.05) is 6.92 Å². The van der Waals surface area contributed by atoms with Crippen LogP contribution in [0.15, 0.2) is 21.5 Å². The summed E-state index contributed by atoms with van der Waals surface area (Å²) in [7, 11) is 0. The van der Waals surface area contributed by atoms with Crippen molar-refractivity contribution in [3.63, 3.8) is 0 Å². The minimum absolute atomic E-state index is 0.0118. The number of rotatable bonds is 4. The van der Waals surface area contributed by atoms with E-state index in [2.05, 4.69) is 15.2 Å². The molecule has 1 saturated heterocycles. The second-order valence-electron chi connectivity index (χ2n) is 7.05. The highest BCUT2D eigenvalue weighted by Crippen LogP contribution is 2.24. The molecule has 2 aromatic rings. The molecule has 134 valence electrons. The van der Waals surface area contributed by atoms with E-state index in [1.165, 1.54) is 0 Å². The average Bonchev–Trinajstić information content (AvgIpc) is 3.03. The maximum atomic E-state index is 11.9. The van der Waals surface area contributed by atoms with Crippen molar-refractivity contribution in [2.24, 2.45) is 5.92 Å². The maximum absolute atomic E-state index is 11.9. The molecule has 2 aliphatic heterocycles. The van der Waals surface area contributed by atoms with Crippen LogP contribution in [0.25, 0.3) is 0 Å². The van der Waals surface area contributed by atoms with Gasteiger partial charge in [-0.2, -0.15) is 5.10 Å². The molecule has 4 heterocycles. The first kappa shape index (κ1) is 16.5. The van der Waals surface area contributed by atoms with Crippen molar-refractivity contribution in [2.75, 3.05) is 19.7 Å². The van der Waals surface area contributed by atoms with Crippen LogP contribution in [0.3, 0.4) is 0 Å². The molecule has 0 aromatic carbocycles. The summed E-state index contributed by atoms with van der Waals surface area (Å²) in [6, 6.07) is 3.37. The third kappa shape index (κ3) is 3.67. The number of fused-ring (bicyclic) bond motifs is 1. The van der Waals surface area contributed by atoms with Crippen LogP contribution < -0.4 is 5.56 Å². The Morgan fingerprint density at radius 1 is 1.28 bits per heavy atom. The van der Waals surface area contributed by atoms with Gasteiger partial charge in [0.25, 0.3) is 5.56 Å². The van der Waals surface area contributed by atoms with Crippen LogP contribution in [0.1, 0.15) is 35.6 Å². The molecule has 25 heavy (non-hydrogen) atoms. The van der Waals surface area contributed by atoms with Crippen molar-refractivity contribution in [3.8, 4) is 0 Å². The van der Waals surface area contributed by atoms with Gasteiger partial charge in [-0.3, -0.25) is 9.69 Å². The van der Waals surface area contributed by atoms with Crippen LogP contribution >= 0.6 is 0 Å². The molecule has 0 N–H and O–H groups in total. The second-order valence-corrected chi connectivity index (χ2v) is 7.05. The van der Waals surface area contributed by atoms with E-state index in [1.54, 1.807) is 16.8 Å². The lowest BCUT2D eigenvalue weighted by Crippen LogP contribution is -2.36. The zero-order valence-electron chi connectivity index (χ0n) is 14.6. The predicted octanol–water partition coefficient (Wildman–Crippen LogP) is 1.52. The Morgan fingerprint density at radius 2 is 2.12 bits per heavy atom. The lowest BCUT2D eigenvalue weighted by Gasteiger charge is -2.31. The van der Waals surface area contributed by atoms with Gasteiger partial charge >= 0.3 is 0 Å². The number of hydrogen-bond acceptors (Lipinski definition) is 6. The molecule has 0 aliphatic carbocycles. The molecule has 0 bridgehead atoms. The molecule has 0 atom stereocenters. The summed E-state index contributed by atoms with van der Waals surface area (Å²) in [6.45, 7) is 6.80. The molecule has 0 spiro atoms. The summed E-state index contributed by atoms with van der Waals surface area (Å²) in [4.78, 5) is 14.3. The molecule has 1 fully saturated rings. The smallest absolute Gasteiger partial charge is 0.266 e. The van der Waals surface area contributed by atoms with E-state index in [9.17, 15) is 4.79 Å². The van der Waals surface area contributed by atoms with E-state index in [0.717, 1.165) is 68.2 Å². The van der Waals surface area contributed by atoms with Gasteiger partial charge in [-0.25, -0.2) is 4.68 Å². The first-order chi connectivity index (χ1) is 12.2. The second kappa shape index (κ2) is 7.09. The topological polar surface area (TPSA) is 73.4 Å². The Balaban J connectivity index is 1.33. The highest BCUT2D eigenvalue weighted by molar-refractivity contribution is 5.23. The van der Waals surface area contributed by atoms with Crippen molar-refractivity contribution < 1.29 is 9.26 Å². The monoisotopic (exact) mass is 344 g/mol. The first-order valence-electron chi connectivity index (χ1n) is 9.00. The van der Waals surface area contributed by atoms with Crippen molar-refractivity contribution in [2.45, 2.75) is 45.9 Å². The molecule has 0 unspecified atom stereocenters. The molecule has 0 saturated carbocycles. The zero-order chi connectivity index (χ0) is 17.2. The summed E-state index contributed by atoms with van der Waals surface area (Å²) < 4.78 is 12.6. The molecule has 2 aromatic heterocycles. The van der Waals surface area contributed by atoms with Crippen LogP contribution in [0.2, 0.25) is 0 Å². The molecular formula is C18H24N4O3. The first-order valence-corrected chi connectivity index (χ1v) is 9.00. The Kier molecular flexibility index (Phi) is 4.67. The van der Waals surface area contributed by atoms with Gasteiger partial charge in [0.15, 0.2) is 0 Å². The lowest BCUT2D eigenvalue weighted by molar-refractivity contribution is 0.102. The zero-order valence-corrected chi connectivity index (χ0v) is 14.6. The molecule has 7 nitrogen and oxygen atoms in total. The summed E-state index contributed by atoms with van der Waals surface area (Å²) in [5, 5.41) is 8.60. The highest BCUT2D eigenvalue weighted by atomic mass is 16.5. The van der Waals surface area contributed by atoms with Gasteiger partial charge in [-0.15, -0.1) is 0 Å². The molecule has 2 aliphatic rings. The Hall–Kier alpha value is -1.99. The molecular weight excluding hydrogens is 320 g/mol. The van der Waals surface area contributed by atoms with Gasteiger partial charge in [0.1, 0.15) is 11.5 Å². The molecule has 7 heteroatoms. The van der Waals surface area contributed by atoms with Crippen molar-refractivity contribution >= 4 is 0 Å². The van der Waals surface area contributed by atoms with Crippen molar-refractivity contribution in [3.05, 3.63) is 45.2 Å². The van der Waals surface area contributed by atoms with Gasteiger partial charge in [0.2, 0.25) is 0 Å². The molecule has 0 amide bonds. The van der Waals surface area contributed by atoms with Crippen LogP contribution in [-0.4, -0.2) is 39.5 Å². The number of aromatic nitrogens is 3. The predicted molar refractivity (Wildman–Crippen MR) is 91.1 cm³/mol. The fourth-order valence-electron chi connectivity index (χ4n) is 3.67. The fraction of sp³-hybridized carbons (Fsp3) is 0.611. The van der Waals surface area contributed by atoms with Crippen molar-refractivity contribution in [1.29, 1.82) is 0 Å². The van der Waals surface area contributed by atoms with Gasteiger partial charge in [-0.1, -0.05) is 5.16 Å². The van der Waals surface area contributed by atoms with E-state index >= 15 is 0 Å². The minimum Gasteiger partial charge on any atom is -0.376 e. The minimum atomic E-state index is -0.0118. The largest absolute Gasteiger partial charge is 0.376 e. The van der Waals surface area contributed by atoms with E-state index in [4.69, 9.17) is 9.26 Å². The van der Waals surface area contributed by atoms with Crippen LogP contribution in [0, 0.1) is 12.8 Å². The third-order valence-electron chi connectivity index (χ3n) is 5.18. The quantitative estimate of drug-likeness (QED) is 0.837. The molecule has 0 radical (unpaired) electrons. The normalized spacial score (nSPS) is 19.1. The number of aryl methyl sites for hydroxylation is 1. The number of piperidine rings is 1. The Morgan fingerprint density at radius 3 is 2.96 bits per heavy atom. The van der Waals surface area contributed by atoms with E-state index < -0.39 is 0 Å². The fourth-order valence-corrected chi connectivity index (χ4v) is 3.67. The van der Waals surface area contributed by atoms with Gasteiger partial charge in [0, 0.05) is 31.1 Å². The number of hydrogen-bond donors (Lipinski definition) is 0. The van der Waals surface area contributed by atoms with Gasteiger partial charge < -0.3 is 9.26 Å². The number of nitrogens with zero attached hydrogens (tertiary/aromatic N) is 4. The average molecular weight is 344 g/mol. The van der Waals surface area contributed by atoms with Crippen LogP contribution in [0.4, 0.5) is 0 Å². The van der Waals surface area contributed by atoms with Crippen LogP contribution in [-0.2, 0) is 30.9 Å². The van der Waals surface area contributed by atoms with Crippen molar-refractivity contribution in [1.82, 2.24) is 19.8 Å². The number of likely N-dealkylation sites (tertiary alicyclic amines) is 1. The number of ether oxygens (including phenoxy) is 1. The Labute approximate surface area is 146 Å². The highest BCUT2D eigenvalue weighted by Gasteiger charge is 2.25. The Bertz CT molecular complexity index is 790. The molecule has 4 rings (SSSR count). The SMILES string of the molecule is Cc1ccc(=O)n(CC2CCN(Cc3noc4c3COCC4)CC2)n1. The summed E-state index contributed by atoms with van der Waals surface area (Å²) in [6.07, 6.45) is 2.96. The van der Waals surface area contributed by atoms with E-state index in [-0.39, 0.29) is 5.56 Å². The summed E-state index contributed by atoms with van der Waals surface area (Å²) in [5.41, 5.74) is 3.03. The van der Waals surface area contributed by atoms with Crippen LogP contribution in [0.5, 0.6) is 0 Å². The van der Waals surface area contributed by atoms with Gasteiger partial charge in [-0.05, 0) is 44.8 Å². The summed E-state index contributed by atoms with van der Waals surface area (Å²) >= 11 is 0.